The Labute approximate surface area is 161 Å². The maximum absolute atomic E-state index is 12.5. The highest BCUT2D eigenvalue weighted by Crippen LogP contribution is 2.38. The molecule has 1 atom stereocenters. The van der Waals surface area contributed by atoms with Crippen molar-refractivity contribution in [2.75, 3.05) is 0 Å². The molecule has 0 bridgehead atoms. The molecule has 1 aliphatic carbocycles. The first-order chi connectivity index (χ1) is 12.5. The number of benzene rings is 1. The molecule has 2 N–H and O–H groups in total. The molecule has 26 heavy (non-hydrogen) atoms. The monoisotopic (exact) mass is 388 g/mol. The third-order valence-corrected chi connectivity index (χ3v) is 5.61. The summed E-state index contributed by atoms with van der Waals surface area (Å²) in [5, 5.41) is 3.86. The molecular formula is C20H18Cl2N2O2. The van der Waals surface area contributed by atoms with E-state index in [1.54, 1.807) is 12.1 Å². The van der Waals surface area contributed by atoms with Crippen LogP contribution in [0.2, 0.25) is 10.0 Å². The molecule has 0 radical (unpaired) electrons. The zero-order valence-electron chi connectivity index (χ0n) is 14.0. The van der Waals surface area contributed by atoms with E-state index in [0.717, 1.165) is 36.0 Å². The second-order valence-corrected chi connectivity index (χ2v) is 7.67. The topological polar surface area (TPSA) is 62.0 Å². The minimum absolute atomic E-state index is 0.0392. The molecule has 6 heteroatoms. The number of pyridine rings is 1. The smallest absolute Gasteiger partial charge is 0.251 e. The van der Waals surface area contributed by atoms with Crippen LogP contribution in [0.25, 0.3) is 5.57 Å². The molecule has 2 fully saturated rings. The van der Waals surface area contributed by atoms with Crippen molar-refractivity contribution in [2.24, 2.45) is 0 Å². The van der Waals surface area contributed by atoms with Gasteiger partial charge in [0.15, 0.2) is 0 Å². The average molecular weight is 389 g/mol. The van der Waals surface area contributed by atoms with Gasteiger partial charge in [-0.1, -0.05) is 41.4 Å². The fraction of sp³-hybridized carbons (Fsp3) is 0.300. The summed E-state index contributed by atoms with van der Waals surface area (Å²) in [6.07, 6.45) is 5.37. The summed E-state index contributed by atoms with van der Waals surface area (Å²) in [6.45, 7) is 0. The van der Waals surface area contributed by atoms with Crippen molar-refractivity contribution < 1.29 is 4.79 Å². The van der Waals surface area contributed by atoms with Crippen LogP contribution in [-0.4, -0.2) is 16.9 Å². The van der Waals surface area contributed by atoms with Gasteiger partial charge in [0.1, 0.15) is 0 Å². The highest BCUT2D eigenvalue weighted by Gasteiger charge is 2.26. The molecule has 1 saturated carbocycles. The van der Waals surface area contributed by atoms with Gasteiger partial charge in [-0.15, -0.1) is 0 Å². The molecular weight excluding hydrogens is 371 g/mol. The van der Waals surface area contributed by atoms with Gasteiger partial charge in [0.05, 0.1) is 10.0 Å². The van der Waals surface area contributed by atoms with Gasteiger partial charge in [0.2, 0.25) is 5.91 Å². The third kappa shape index (κ3) is 3.57. The Bertz CT molecular complexity index is 961. The van der Waals surface area contributed by atoms with Crippen molar-refractivity contribution in [3.63, 3.8) is 0 Å². The van der Waals surface area contributed by atoms with E-state index in [-0.39, 0.29) is 17.5 Å². The van der Waals surface area contributed by atoms with Gasteiger partial charge in [-0.25, -0.2) is 0 Å². The van der Waals surface area contributed by atoms with Gasteiger partial charge in [0, 0.05) is 29.3 Å². The van der Waals surface area contributed by atoms with Crippen LogP contribution in [0.3, 0.4) is 0 Å². The molecule has 4 nitrogen and oxygen atoms in total. The van der Waals surface area contributed by atoms with E-state index in [4.69, 9.17) is 23.2 Å². The van der Waals surface area contributed by atoms with E-state index >= 15 is 0 Å². The van der Waals surface area contributed by atoms with E-state index in [0.29, 0.717) is 28.1 Å². The van der Waals surface area contributed by atoms with Gasteiger partial charge in [-0.3, -0.25) is 9.59 Å². The minimum Gasteiger partial charge on any atom is -0.350 e. The van der Waals surface area contributed by atoms with Crippen LogP contribution in [0.4, 0.5) is 0 Å². The summed E-state index contributed by atoms with van der Waals surface area (Å²) in [5.74, 6) is 0.427. The number of carbonyl (C=O) groups excluding carboxylic acids is 1. The number of carbonyl (C=O) groups is 1. The van der Waals surface area contributed by atoms with E-state index in [9.17, 15) is 9.59 Å². The lowest BCUT2D eigenvalue weighted by molar-refractivity contribution is -0.119. The molecule has 1 aromatic heterocycles. The standard InChI is InChI=1S/C20H18Cl2N2O2/c21-16-6-3-12(9-17(16)22)15(10-13-4-8-19(25)23-13)18-7-5-14(11-1-2-11)20(26)24-18/h3,5-7,9-11,13H,1-2,4,8H2,(H,23,25)(H,24,26)/b15-10+/t13-/m1/s1. The van der Waals surface area contributed by atoms with Crippen molar-refractivity contribution in [3.05, 3.63) is 73.6 Å². The number of hydrogen-bond acceptors (Lipinski definition) is 2. The molecule has 134 valence electrons. The Morgan fingerprint density at radius 1 is 1.04 bits per heavy atom. The van der Waals surface area contributed by atoms with E-state index in [1.165, 1.54) is 0 Å². The summed E-state index contributed by atoms with van der Waals surface area (Å²) < 4.78 is 0. The number of nitrogens with one attached hydrogen (secondary N) is 2. The lowest BCUT2D eigenvalue weighted by Gasteiger charge is -2.13. The fourth-order valence-corrected chi connectivity index (χ4v) is 3.63. The molecule has 1 saturated heterocycles. The largest absolute Gasteiger partial charge is 0.350 e. The number of H-pyrrole nitrogens is 1. The molecule has 1 aliphatic heterocycles. The average Bonchev–Trinajstić information content (AvgIpc) is 3.37. The zero-order valence-corrected chi connectivity index (χ0v) is 15.5. The minimum atomic E-state index is -0.0708. The van der Waals surface area contributed by atoms with Crippen LogP contribution >= 0.6 is 23.2 Å². The second-order valence-electron chi connectivity index (χ2n) is 6.85. The first kappa shape index (κ1) is 17.4. The van der Waals surface area contributed by atoms with E-state index < -0.39 is 0 Å². The third-order valence-electron chi connectivity index (χ3n) is 4.87. The van der Waals surface area contributed by atoms with Crippen LogP contribution in [0.5, 0.6) is 0 Å². The van der Waals surface area contributed by atoms with Crippen LogP contribution in [-0.2, 0) is 4.79 Å². The molecule has 4 rings (SSSR count). The summed E-state index contributed by atoms with van der Waals surface area (Å²) in [5.41, 5.74) is 3.17. The van der Waals surface area contributed by atoms with E-state index in [1.807, 2.05) is 24.3 Å². The number of rotatable bonds is 4. The van der Waals surface area contributed by atoms with Gasteiger partial charge in [-0.2, -0.15) is 0 Å². The van der Waals surface area contributed by atoms with Crippen LogP contribution < -0.4 is 10.9 Å². The summed E-state index contributed by atoms with van der Waals surface area (Å²) in [4.78, 5) is 27.0. The molecule has 2 aromatic rings. The molecule has 2 heterocycles. The van der Waals surface area contributed by atoms with Gasteiger partial charge in [-0.05, 0) is 48.9 Å². The fourth-order valence-electron chi connectivity index (χ4n) is 3.33. The van der Waals surface area contributed by atoms with Crippen molar-refractivity contribution in [2.45, 2.75) is 37.6 Å². The molecule has 2 aliphatic rings. The second kappa shape index (κ2) is 6.93. The van der Waals surface area contributed by atoms with E-state index in [2.05, 4.69) is 10.3 Å². The Morgan fingerprint density at radius 2 is 1.85 bits per heavy atom. The highest BCUT2D eigenvalue weighted by atomic mass is 35.5. The molecule has 0 unspecified atom stereocenters. The molecule has 1 amide bonds. The predicted molar refractivity (Wildman–Crippen MR) is 104 cm³/mol. The Hall–Kier alpha value is -2.04. The molecule has 1 aromatic carbocycles. The summed E-state index contributed by atoms with van der Waals surface area (Å²) >= 11 is 12.2. The predicted octanol–water partition coefficient (Wildman–Crippen LogP) is 4.27. The number of aromatic nitrogens is 1. The number of hydrogen-bond donors (Lipinski definition) is 2. The van der Waals surface area contributed by atoms with Crippen molar-refractivity contribution in [1.82, 2.24) is 10.3 Å². The summed E-state index contributed by atoms with van der Waals surface area (Å²) in [6, 6.07) is 9.14. The quantitative estimate of drug-likeness (QED) is 0.821. The Morgan fingerprint density at radius 3 is 2.46 bits per heavy atom. The van der Waals surface area contributed by atoms with Gasteiger partial charge in [0.25, 0.3) is 5.56 Å². The maximum atomic E-state index is 12.5. The number of halogens is 2. The van der Waals surface area contributed by atoms with Gasteiger partial charge < -0.3 is 10.3 Å². The highest BCUT2D eigenvalue weighted by molar-refractivity contribution is 6.42. The summed E-state index contributed by atoms with van der Waals surface area (Å²) in [7, 11) is 0. The molecule has 0 spiro atoms. The Kier molecular flexibility index (Phi) is 4.63. The maximum Gasteiger partial charge on any atom is 0.251 e. The van der Waals surface area contributed by atoms with Crippen LogP contribution in [0.1, 0.15) is 48.4 Å². The Balaban J connectivity index is 1.78. The van der Waals surface area contributed by atoms with Crippen molar-refractivity contribution in [3.8, 4) is 0 Å². The first-order valence-electron chi connectivity index (χ1n) is 8.71. The number of aromatic amines is 1. The zero-order chi connectivity index (χ0) is 18.3. The van der Waals surface area contributed by atoms with Crippen molar-refractivity contribution in [1.29, 1.82) is 0 Å². The van der Waals surface area contributed by atoms with Gasteiger partial charge >= 0.3 is 0 Å². The lowest BCUT2D eigenvalue weighted by atomic mass is 9.98. The lowest BCUT2D eigenvalue weighted by Crippen LogP contribution is -2.23. The normalized spacial score (nSPS) is 20.3. The van der Waals surface area contributed by atoms with Crippen molar-refractivity contribution >= 4 is 34.7 Å². The first-order valence-corrected chi connectivity index (χ1v) is 9.47. The van der Waals surface area contributed by atoms with Crippen LogP contribution in [0.15, 0.2) is 41.2 Å². The van der Waals surface area contributed by atoms with Crippen LogP contribution in [0, 0.1) is 0 Å². The SMILES string of the molecule is O=C1CC[C@H](/C=C(\c2ccc(Cl)c(Cl)c2)c2ccc(C3CC3)c(=O)[nH]2)N1. The number of amides is 1.